The molecule has 9 heteroatoms. The highest BCUT2D eigenvalue weighted by atomic mass is 32.2. The van der Waals surface area contributed by atoms with Crippen LogP contribution < -0.4 is 4.74 Å². The SMILES string of the molecule is Cc1cc(-c2cc(S(=O)(=O)ON3CCC3)ccc2C)ccc1OC(F)(F)F. The number of hydroxylamine groups is 2. The molecule has 0 atom stereocenters. The molecular weight excluding hydrogens is 383 g/mol. The highest BCUT2D eigenvalue weighted by molar-refractivity contribution is 7.86. The summed E-state index contributed by atoms with van der Waals surface area (Å²) in [5, 5.41) is 1.36. The molecule has 0 spiro atoms. The van der Waals surface area contributed by atoms with E-state index in [0.717, 1.165) is 12.0 Å². The zero-order chi connectivity index (χ0) is 19.8. The van der Waals surface area contributed by atoms with Gasteiger partial charge in [-0.05, 0) is 66.8 Å². The van der Waals surface area contributed by atoms with Crippen molar-refractivity contribution in [1.82, 2.24) is 5.06 Å². The molecule has 1 aliphatic rings. The van der Waals surface area contributed by atoms with Crippen LogP contribution in [0.4, 0.5) is 13.2 Å². The molecule has 1 saturated heterocycles. The van der Waals surface area contributed by atoms with Crippen molar-refractivity contribution in [3.63, 3.8) is 0 Å². The summed E-state index contributed by atoms with van der Waals surface area (Å²) in [7, 11) is -3.96. The van der Waals surface area contributed by atoms with Crippen molar-refractivity contribution in [2.45, 2.75) is 31.5 Å². The third kappa shape index (κ3) is 4.60. The fourth-order valence-corrected chi connectivity index (χ4v) is 3.68. The first-order chi connectivity index (χ1) is 12.5. The third-order valence-corrected chi connectivity index (χ3v) is 5.47. The van der Waals surface area contributed by atoms with Gasteiger partial charge in [0, 0.05) is 13.1 Å². The topological polar surface area (TPSA) is 55.8 Å². The number of hydrogen-bond acceptors (Lipinski definition) is 5. The summed E-state index contributed by atoms with van der Waals surface area (Å²) < 4.78 is 71.1. The lowest BCUT2D eigenvalue weighted by molar-refractivity contribution is -0.274. The zero-order valence-electron chi connectivity index (χ0n) is 14.7. The highest BCUT2D eigenvalue weighted by Gasteiger charge is 2.31. The Balaban J connectivity index is 1.93. The number of aryl methyl sites for hydroxylation is 2. The van der Waals surface area contributed by atoms with Gasteiger partial charge in [-0.2, -0.15) is 17.8 Å². The van der Waals surface area contributed by atoms with Crippen LogP contribution in [0.1, 0.15) is 17.5 Å². The van der Waals surface area contributed by atoms with E-state index in [4.69, 9.17) is 4.28 Å². The molecule has 1 fully saturated rings. The average molecular weight is 401 g/mol. The van der Waals surface area contributed by atoms with Crippen molar-refractivity contribution in [3.8, 4) is 16.9 Å². The summed E-state index contributed by atoms with van der Waals surface area (Å²) in [6.45, 7) is 4.39. The number of nitrogens with zero attached hydrogens (tertiary/aromatic N) is 1. The van der Waals surface area contributed by atoms with Gasteiger partial charge in [-0.3, -0.25) is 0 Å². The molecule has 2 aromatic rings. The van der Waals surface area contributed by atoms with Gasteiger partial charge in [-0.15, -0.1) is 13.2 Å². The van der Waals surface area contributed by atoms with E-state index in [2.05, 4.69) is 4.74 Å². The number of ether oxygens (including phenoxy) is 1. The zero-order valence-corrected chi connectivity index (χ0v) is 15.5. The van der Waals surface area contributed by atoms with Crippen LogP contribution in [-0.2, 0) is 14.4 Å². The van der Waals surface area contributed by atoms with Crippen LogP contribution in [0, 0.1) is 13.8 Å². The van der Waals surface area contributed by atoms with Gasteiger partial charge in [0.05, 0.1) is 4.90 Å². The Kier molecular flexibility index (Phi) is 5.20. The van der Waals surface area contributed by atoms with Crippen LogP contribution >= 0.6 is 0 Å². The van der Waals surface area contributed by atoms with Crippen molar-refractivity contribution in [3.05, 3.63) is 47.5 Å². The van der Waals surface area contributed by atoms with Crippen molar-refractivity contribution >= 4 is 10.1 Å². The maximum absolute atomic E-state index is 12.4. The van der Waals surface area contributed by atoms with Gasteiger partial charge in [-0.1, -0.05) is 12.1 Å². The molecule has 0 saturated carbocycles. The largest absolute Gasteiger partial charge is 0.573 e. The Morgan fingerprint density at radius 2 is 1.70 bits per heavy atom. The van der Waals surface area contributed by atoms with E-state index in [9.17, 15) is 21.6 Å². The minimum Gasteiger partial charge on any atom is -0.406 e. The van der Waals surface area contributed by atoms with Gasteiger partial charge >= 0.3 is 16.5 Å². The standard InChI is InChI=1S/C18H18F3NO4S/c1-12-4-6-15(27(23,24)26-22-8-3-9-22)11-16(12)14-5-7-17(13(2)10-14)25-18(19,20)21/h4-7,10-11H,3,8-9H2,1-2H3. The van der Waals surface area contributed by atoms with Crippen LogP contribution in [0.25, 0.3) is 11.1 Å². The van der Waals surface area contributed by atoms with Gasteiger partial charge in [0.25, 0.3) is 0 Å². The van der Waals surface area contributed by atoms with Crippen LogP contribution in [0.5, 0.6) is 5.75 Å². The van der Waals surface area contributed by atoms with Crippen LogP contribution in [0.3, 0.4) is 0 Å². The predicted molar refractivity (Wildman–Crippen MR) is 92.5 cm³/mol. The summed E-state index contributed by atoms with van der Waals surface area (Å²) in [6, 6.07) is 8.75. The molecule has 0 amide bonds. The molecule has 0 N–H and O–H groups in total. The van der Waals surface area contributed by atoms with E-state index in [-0.39, 0.29) is 16.2 Å². The lowest BCUT2D eigenvalue weighted by atomic mass is 9.99. The van der Waals surface area contributed by atoms with Gasteiger partial charge in [-0.25, -0.2) is 0 Å². The number of benzene rings is 2. The molecule has 27 heavy (non-hydrogen) atoms. The molecule has 0 aliphatic carbocycles. The first-order valence-electron chi connectivity index (χ1n) is 8.22. The van der Waals surface area contributed by atoms with Crippen molar-refractivity contribution in [2.75, 3.05) is 13.1 Å². The summed E-state index contributed by atoms with van der Waals surface area (Å²) >= 11 is 0. The minimum atomic E-state index is -4.77. The molecular formula is C18H18F3NO4S. The third-order valence-electron chi connectivity index (χ3n) is 4.23. The fraction of sp³-hybridized carbons (Fsp3) is 0.333. The molecule has 146 valence electrons. The molecule has 1 aliphatic heterocycles. The van der Waals surface area contributed by atoms with E-state index < -0.39 is 16.5 Å². The summed E-state index contributed by atoms with van der Waals surface area (Å²) in [5.74, 6) is -0.297. The summed E-state index contributed by atoms with van der Waals surface area (Å²) in [6.07, 6.45) is -3.90. The molecule has 5 nitrogen and oxygen atoms in total. The molecule has 0 radical (unpaired) electrons. The van der Waals surface area contributed by atoms with E-state index >= 15 is 0 Å². The molecule has 0 aromatic heterocycles. The molecule has 2 aromatic carbocycles. The minimum absolute atomic E-state index is 0.0109. The van der Waals surface area contributed by atoms with Crippen LogP contribution in [0.15, 0.2) is 41.3 Å². The average Bonchev–Trinajstić information content (AvgIpc) is 2.52. The quantitative estimate of drug-likeness (QED) is 0.752. The normalized spacial score (nSPS) is 15.4. The second-order valence-electron chi connectivity index (χ2n) is 6.32. The fourth-order valence-electron chi connectivity index (χ4n) is 2.67. The second kappa shape index (κ2) is 7.14. The van der Waals surface area contributed by atoms with E-state index in [1.54, 1.807) is 13.0 Å². The lowest BCUT2D eigenvalue weighted by Crippen LogP contribution is -2.38. The first kappa shape index (κ1) is 19.7. The van der Waals surface area contributed by atoms with Gasteiger partial charge in [0.1, 0.15) is 5.75 Å². The van der Waals surface area contributed by atoms with Gasteiger partial charge in [0.15, 0.2) is 0 Å². The smallest absolute Gasteiger partial charge is 0.406 e. The predicted octanol–water partition coefficient (Wildman–Crippen LogP) is 4.20. The Morgan fingerprint density at radius 1 is 1.00 bits per heavy atom. The highest BCUT2D eigenvalue weighted by Crippen LogP contribution is 2.33. The van der Waals surface area contributed by atoms with Crippen molar-refractivity contribution in [1.29, 1.82) is 0 Å². The van der Waals surface area contributed by atoms with E-state index in [1.807, 2.05) is 0 Å². The van der Waals surface area contributed by atoms with Gasteiger partial charge < -0.3 is 4.74 Å². The second-order valence-corrected chi connectivity index (χ2v) is 7.84. The Labute approximate surface area is 155 Å². The van der Waals surface area contributed by atoms with E-state index in [1.165, 1.54) is 42.3 Å². The molecule has 0 unspecified atom stereocenters. The summed E-state index contributed by atoms with van der Waals surface area (Å²) in [4.78, 5) is -0.0109. The summed E-state index contributed by atoms with van der Waals surface area (Å²) in [5.41, 5.74) is 2.24. The Bertz CT molecular complexity index is 954. The van der Waals surface area contributed by atoms with E-state index in [0.29, 0.717) is 24.2 Å². The maximum atomic E-state index is 12.4. The lowest BCUT2D eigenvalue weighted by Gasteiger charge is -2.28. The number of rotatable bonds is 5. The molecule has 0 bridgehead atoms. The molecule has 3 rings (SSSR count). The number of halogens is 3. The number of alkyl halides is 3. The van der Waals surface area contributed by atoms with Crippen LogP contribution in [-0.4, -0.2) is 32.9 Å². The van der Waals surface area contributed by atoms with Crippen molar-refractivity contribution < 1.29 is 30.6 Å². The van der Waals surface area contributed by atoms with Crippen molar-refractivity contribution in [2.24, 2.45) is 0 Å². The number of hydrogen-bond donors (Lipinski definition) is 0. The monoisotopic (exact) mass is 401 g/mol. The molecule has 1 heterocycles. The first-order valence-corrected chi connectivity index (χ1v) is 9.63. The Morgan fingerprint density at radius 3 is 2.26 bits per heavy atom. The van der Waals surface area contributed by atoms with Gasteiger partial charge in [0.2, 0.25) is 0 Å². The van der Waals surface area contributed by atoms with Crippen LogP contribution in [0.2, 0.25) is 0 Å². The maximum Gasteiger partial charge on any atom is 0.573 e. The Hall–Kier alpha value is -2.10.